The van der Waals surface area contributed by atoms with Crippen LogP contribution in [-0.2, 0) is 18.6 Å². The lowest BCUT2D eigenvalue weighted by Gasteiger charge is -2.17. The van der Waals surface area contributed by atoms with E-state index in [0.29, 0.717) is 34.7 Å². The third-order valence-electron chi connectivity index (χ3n) is 6.94. The smallest absolute Gasteiger partial charge is 0.387 e. The molecule has 4 heterocycles. The topological polar surface area (TPSA) is 124 Å². The Morgan fingerprint density at radius 3 is 2.60 bits per heavy atom. The second-order valence-corrected chi connectivity index (χ2v) is 10.3. The van der Waals surface area contributed by atoms with Crippen LogP contribution >= 0.6 is 0 Å². The van der Waals surface area contributed by atoms with Crippen molar-refractivity contribution >= 4 is 16.9 Å². The molecule has 0 radical (unpaired) electrons. The van der Waals surface area contributed by atoms with Gasteiger partial charge in [0.2, 0.25) is 5.88 Å². The minimum Gasteiger partial charge on any atom is -0.438 e. The maximum absolute atomic E-state index is 13.4. The lowest BCUT2D eigenvalue weighted by molar-refractivity contribution is -0.0505. The second kappa shape index (κ2) is 10.5. The van der Waals surface area contributed by atoms with E-state index in [-0.39, 0.29) is 29.6 Å². The SMILES string of the molecule is CNC(=O)c1ccc2c(n1)Oc1cccc(OC(F)F)c1Cn1c(nc3ccc(-c4cnc(C(C)(C)O)nc4)cc31)C2. The van der Waals surface area contributed by atoms with Gasteiger partial charge in [-0.3, -0.25) is 4.79 Å². The number of ether oxygens (including phenoxy) is 2. The predicted molar refractivity (Wildman–Crippen MR) is 149 cm³/mol. The summed E-state index contributed by atoms with van der Waals surface area (Å²) < 4.78 is 39.9. The molecule has 2 N–H and O–H groups in total. The highest BCUT2D eigenvalue weighted by Gasteiger charge is 2.25. The number of nitrogens with one attached hydrogen (secondary N) is 1. The minimum absolute atomic E-state index is 0.0482. The molecular formula is C30H26F2N6O4. The van der Waals surface area contributed by atoms with Gasteiger partial charge in [0.15, 0.2) is 5.82 Å². The molecule has 214 valence electrons. The van der Waals surface area contributed by atoms with E-state index in [0.717, 1.165) is 16.6 Å². The fourth-order valence-corrected chi connectivity index (χ4v) is 4.84. The van der Waals surface area contributed by atoms with Crippen molar-refractivity contribution in [1.82, 2.24) is 29.8 Å². The summed E-state index contributed by atoms with van der Waals surface area (Å²) in [7, 11) is 1.50. The van der Waals surface area contributed by atoms with Crippen LogP contribution in [0.2, 0.25) is 0 Å². The van der Waals surface area contributed by atoms with Crippen LogP contribution in [0.1, 0.15) is 47.1 Å². The van der Waals surface area contributed by atoms with Crippen LogP contribution in [0.15, 0.2) is 60.9 Å². The largest absolute Gasteiger partial charge is 0.438 e. The fraction of sp³-hybridized carbons (Fsp3) is 0.233. The van der Waals surface area contributed by atoms with E-state index >= 15 is 0 Å². The number of imidazole rings is 1. The fourth-order valence-electron chi connectivity index (χ4n) is 4.84. The molecule has 12 heteroatoms. The van der Waals surface area contributed by atoms with Gasteiger partial charge in [-0.1, -0.05) is 18.2 Å². The quantitative estimate of drug-likeness (QED) is 0.301. The van der Waals surface area contributed by atoms with Crippen LogP contribution in [0.5, 0.6) is 17.4 Å². The molecule has 3 aromatic heterocycles. The zero-order valence-electron chi connectivity index (χ0n) is 22.9. The standard InChI is InChI=1S/C30H26F2N6O4/c1-30(2,40)28-34-13-18(14-35-28)16-7-9-20-22(11-16)38-15-19-23(5-4-6-24(19)42-29(31)32)41-27-17(12-25(38)36-20)8-10-21(37-27)26(39)33-3/h4-11,13-14,29,40H,12,15H2,1-3H3,(H,33,39). The maximum Gasteiger partial charge on any atom is 0.387 e. The molecule has 0 saturated heterocycles. The van der Waals surface area contributed by atoms with Crippen LogP contribution in [0, 0.1) is 0 Å². The number of rotatable bonds is 5. The number of aliphatic hydroxyl groups is 1. The van der Waals surface area contributed by atoms with Gasteiger partial charge < -0.3 is 24.5 Å². The highest BCUT2D eigenvalue weighted by Crippen LogP contribution is 2.38. The molecule has 42 heavy (non-hydrogen) atoms. The first kappa shape index (κ1) is 27.2. The van der Waals surface area contributed by atoms with Crippen molar-refractivity contribution in [2.75, 3.05) is 7.05 Å². The van der Waals surface area contributed by atoms with E-state index in [9.17, 15) is 18.7 Å². The monoisotopic (exact) mass is 572 g/mol. The Kier molecular flexibility index (Phi) is 6.77. The van der Waals surface area contributed by atoms with Crippen molar-refractivity contribution in [3.05, 3.63) is 89.4 Å². The van der Waals surface area contributed by atoms with Gasteiger partial charge in [0.1, 0.15) is 28.6 Å². The molecule has 6 rings (SSSR count). The van der Waals surface area contributed by atoms with Gasteiger partial charge in [-0.15, -0.1) is 0 Å². The Balaban J connectivity index is 1.53. The van der Waals surface area contributed by atoms with E-state index in [1.807, 2.05) is 22.8 Å². The molecule has 0 unspecified atom stereocenters. The number of hydrogen-bond acceptors (Lipinski definition) is 8. The van der Waals surface area contributed by atoms with Gasteiger partial charge in [0.05, 0.1) is 23.1 Å². The molecule has 1 amide bonds. The zero-order valence-corrected chi connectivity index (χ0v) is 22.9. The number of nitrogens with zero attached hydrogens (tertiary/aromatic N) is 5. The number of fused-ring (bicyclic) bond motifs is 5. The number of aromatic nitrogens is 5. The Hall–Kier alpha value is -4.97. The molecule has 0 saturated carbocycles. The number of halogens is 2. The molecule has 0 spiro atoms. The number of benzene rings is 2. The number of carbonyl (C=O) groups is 1. The van der Waals surface area contributed by atoms with Crippen molar-refractivity contribution < 1.29 is 28.2 Å². The molecule has 0 aliphatic carbocycles. The lowest BCUT2D eigenvalue weighted by Crippen LogP contribution is -2.19. The Morgan fingerprint density at radius 1 is 1.10 bits per heavy atom. The van der Waals surface area contributed by atoms with E-state index in [1.54, 1.807) is 50.5 Å². The average Bonchev–Trinajstić information content (AvgIpc) is 3.32. The van der Waals surface area contributed by atoms with Crippen LogP contribution < -0.4 is 14.8 Å². The van der Waals surface area contributed by atoms with Gasteiger partial charge in [0.25, 0.3) is 5.91 Å². The molecular weight excluding hydrogens is 546 g/mol. The Bertz CT molecular complexity index is 1820. The van der Waals surface area contributed by atoms with E-state index in [1.165, 1.54) is 13.1 Å². The van der Waals surface area contributed by atoms with Crippen LogP contribution in [0.4, 0.5) is 8.78 Å². The zero-order chi connectivity index (χ0) is 29.6. The van der Waals surface area contributed by atoms with E-state index in [2.05, 4.69) is 20.3 Å². The van der Waals surface area contributed by atoms with Crippen molar-refractivity contribution in [2.24, 2.45) is 0 Å². The second-order valence-electron chi connectivity index (χ2n) is 10.3. The first-order valence-corrected chi connectivity index (χ1v) is 13.1. The molecule has 5 aromatic rings. The molecule has 10 nitrogen and oxygen atoms in total. The first-order valence-electron chi connectivity index (χ1n) is 13.1. The summed E-state index contributed by atoms with van der Waals surface area (Å²) in [5.41, 5.74) is 2.95. The third kappa shape index (κ3) is 5.12. The van der Waals surface area contributed by atoms with Crippen molar-refractivity contribution in [3.63, 3.8) is 0 Å². The average molecular weight is 573 g/mol. The molecule has 1 aliphatic rings. The van der Waals surface area contributed by atoms with E-state index < -0.39 is 18.1 Å². The van der Waals surface area contributed by atoms with E-state index in [4.69, 9.17) is 14.5 Å². The molecule has 2 aromatic carbocycles. The van der Waals surface area contributed by atoms with Crippen LogP contribution in [0.3, 0.4) is 0 Å². The van der Waals surface area contributed by atoms with Gasteiger partial charge in [-0.05, 0) is 49.7 Å². The molecule has 0 bridgehead atoms. The summed E-state index contributed by atoms with van der Waals surface area (Å²) in [5.74, 6) is 0.917. The molecule has 0 fully saturated rings. The number of carbonyl (C=O) groups excluding carboxylic acids is 1. The Morgan fingerprint density at radius 2 is 1.88 bits per heavy atom. The van der Waals surface area contributed by atoms with Gasteiger partial charge >= 0.3 is 6.61 Å². The highest BCUT2D eigenvalue weighted by molar-refractivity contribution is 5.92. The molecule has 1 aliphatic heterocycles. The summed E-state index contributed by atoms with van der Waals surface area (Å²) in [6.07, 6.45) is 3.57. The van der Waals surface area contributed by atoms with Gasteiger partial charge in [0, 0.05) is 37.0 Å². The van der Waals surface area contributed by atoms with Crippen LogP contribution in [-0.4, -0.2) is 49.2 Å². The number of alkyl halides is 2. The van der Waals surface area contributed by atoms with Crippen molar-refractivity contribution in [2.45, 2.75) is 39.0 Å². The summed E-state index contributed by atoms with van der Waals surface area (Å²) >= 11 is 0. The van der Waals surface area contributed by atoms with Crippen LogP contribution in [0.25, 0.3) is 22.2 Å². The van der Waals surface area contributed by atoms with Gasteiger partial charge in [-0.2, -0.15) is 8.78 Å². The Labute approximate surface area is 239 Å². The van der Waals surface area contributed by atoms with Crippen molar-refractivity contribution in [3.8, 4) is 28.5 Å². The minimum atomic E-state index is -3.05. The summed E-state index contributed by atoms with van der Waals surface area (Å²) in [6.45, 7) is 0.285. The summed E-state index contributed by atoms with van der Waals surface area (Å²) in [5, 5.41) is 12.8. The third-order valence-corrected chi connectivity index (χ3v) is 6.94. The summed E-state index contributed by atoms with van der Waals surface area (Å²) in [4.78, 5) is 30.2. The predicted octanol–water partition coefficient (Wildman–Crippen LogP) is 4.82. The number of pyridine rings is 1. The normalized spacial score (nSPS) is 12.8. The van der Waals surface area contributed by atoms with Crippen molar-refractivity contribution in [1.29, 1.82) is 0 Å². The molecule has 0 atom stereocenters. The highest BCUT2D eigenvalue weighted by atomic mass is 19.3. The first-order chi connectivity index (χ1) is 20.1. The number of hydrogen-bond donors (Lipinski definition) is 2. The summed E-state index contributed by atoms with van der Waals surface area (Å²) in [6, 6.07) is 13.7. The maximum atomic E-state index is 13.4. The number of amides is 1. The van der Waals surface area contributed by atoms with Gasteiger partial charge in [-0.25, -0.2) is 19.9 Å². The lowest BCUT2D eigenvalue weighted by atomic mass is 10.1.